The molecule has 2 heterocycles. The largest absolute Gasteiger partial charge is 0.298 e. The summed E-state index contributed by atoms with van der Waals surface area (Å²) in [6.45, 7) is 12.3. The normalized spacial score (nSPS) is 24.3. The first kappa shape index (κ1) is 16.6. The predicted octanol–water partition coefficient (Wildman–Crippen LogP) is 3.62. The van der Waals surface area contributed by atoms with E-state index < -0.39 is 0 Å². The molecule has 0 aromatic heterocycles. The molecule has 0 aliphatic carbocycles. The minimum absolute atomic E-state index is 0.846. The molecule has 2 aliphatic rings. The van der Waals surface area contributed by atoms with Crippen molar-refractivity contribution in [2.45, 2.75) is 64.8 Å². The van der Waals surface area contributed by atoms with E-state index in [9.17, 15) is 0 Å². The number of piperazine rings is 1. The van der Waals surface area contributed by atoms with E-state index in [2.05, 4.69) is 27.4 Å². The van der Waals surface area contributed by atoms with Gasteiger partial charge in [0, 0.05) is 57.4 Å². The molecule has 0 aromatic carbocycles. The molecular weight excluding hydrogens is 266 g/mol. The number of nitrogens with zero attached hydrogens (tertiary/aromatic N) is 3. The lowest BCUT2D eigenvalue weighted by Crippen LogP contribution is -2.48. The monoisotopic (exact) mass is 299 g/mol. The molecule has 118 valence electrons. The maximum absolute atomic E-state index is 2.76. The van der Waals surface area contributed by atoms with Crippen molar-refractivity contribution >= 4 is 12.1 Å². The molecule has 0 bridgehead atoms. The molecule has 0 aromatic rings. The van der Waals surface area contributed by atoms with Crippen LogP contribution in [0.4, 0.5) is 0 Å². The summed E-state index contributed by atoms with van der Waals surface area (Å²) in [6, 6.07) is 0.846. The van der Waals surface area contributed by atoms with Crippen LogP contribution in [-0.4, -0.2) is 58.8 Å². The highest BCUT2D eigenvalue weighted by Gasteiger charge is 2.25. The number of rotatable bonds is 8. The van der Waals surface area contributed by atoms with E-state index in [0.717, 1.165) is 6.04 Å². The lowest BCUT2D eigenvalue weighted by molar-refractivity contribution is 0.125. The molecule has 20 heavy (non-hydrogen) atoms. The molecule has 4 heteroatoms. The molecule has 0 N–H and O–H groups in total. The zero-order valence-corrected chi connectivity index (χ0v) is 14.3. The van der Waals surface area contributed by atoms with Crippen molar-refractivity contribution in [1.82, 2.24) is 13.5 Å². The first-order chi connectivity index (χ1) is 9.83. The van der Waals surface area contributed by atoms with Gasteiger partial charge in [0.25, 0.3) is 0 Å². The molecule has 2 aliphatic heterocycles. The van der Waals surface area contributed by atoms with Gasteiger partial charge in [-0.3, -0.25) is 4.90 Å². The highest BCUT2D eigenvalue weighted by Crippen LogP contribution is 2.25. The summed E-state index contributed by atoms with van der Waals surface area (Å²) >= 11 is 2.01. The summed E-state index contributed by atoms with van der Waals surface area (Å²) in [5.41, 5.74) is 0. The van der Waals surface area contributed by atoms with Gasteiger partial charge in [-0.1, -0.05) is 33.1 Å². The second-order valence-electron chi connectivity index (χ2n) is 6.27. The van der Waals surface area contributed by atoms with Crippen LogP contribution in [0, 0.1) is 0 Å². The van der Waals surface area contributed by atoms with E-state index in [0.29, 0.717) is 0 Å². The zero-order valence-electron chi connectivity index (χ0n) is 13.5. The fourth-order valence-electron chi connectivity index (χ4n) is 3.37. The Labute approximate surface area is 130 Å². The third kappa shape index (κ3) is 5.21. The number of hydrogen-bond donors (Lipinski definition) is 0. The van der Waals surface area contributed by atoms with Crippen molar-refractivity contribution in [2.24, 2.45) is 0 Å². The fourth-order valence-corrected chi connectivity index (χ4v) is 4.44. The number of unbranched alkanes of at least 4 members (excludes halogenated alkanes) is 1. The third-order valence-electron chi connectivity index (χ3n) is 4.60. The van der Waals surface area contributed by atoms with Gasteiger partial charge < -0.3 is 0 Å². The van der Waals surface area contributed by atoms with Crippen molar-refractivity contribution in [3.63, 3.8) is 0 Å². The Morgan fingerprint density at radius 2 is 1.45 bits per heavy atom. The van der Waals surface area contributed by atoms with Gasteiger partial charge in [0.1, 0.15) is 0 Å². The Balaban J connectivity index is 1.70. The SMILES string of the molecule is CCCCC(CCC)N1CCN(SN2CCCC2)CC1. The van der Waals surface area contributed by atoms with Gasteiger partial charge in [-0.15, -0.1) is 0 Å². The van der Waals surface area contributed by atoms with Gasteiger partial charge in [-0.25, -0.2) is 8.61 Å². The van der Waals surface area contributed by atoms with Crippen LogP contribution < -0.4 is 0 Å². The topological polar surface area (TPSA) is 9.72 Å². The summed E-state index contributed by atoms with van der Waals surface area (Å²) < 4.78 is 5.14. The maximum atomic E-state index is 2.76. The van der Waals surface area contributed by atoms with Gasteiger partial charge in [0.2, 0.25) is 0 Å². The molecule has 1 atom stereocenters. The first-order valence-corrected chi connectivity index (χ1v) is 9.48. The van der Waals surface area contributed by atoms with Crippen LogP contribution in [0.1, 0.15) is 58.8 Å². The van der Waals surface area contributed by atoms with Crippen molar-refractivity contribution in [3.8, 4) is 0 Å². The molecule has 3 nitrogen and oxygen atoms in total. The minimum atomic E-state index is 0.846. The van der Waals surface area contributed by atoms with Crippen molar-refractivity contribution < 1.29 is 0 Å². The maximum Gasteiger partial charge on any atom is 0.0230 e. The lowest BCUT2D eigenvalue weighted by atomic mass is 10.0. The van der Waals surface area contributed by atoms with Crippen LogP contribution in [-0.2, 0) is 0 Å². The Bertz CT molecular complexity index is 248. The fraction of sp³-hybridized carbons (Fsp3) is 1.00. The van der Waals surface area contributed by atoms with Crippen LogP contribution in [0.5, 0.6) is 0 Å². The van der Waals surface area contributed by atoms with Crippen molar-refractivity contribution in [3.05, 3.63) is 0 Å². The first-order valence-electron chi connectivity index (χ1n) is 8.75. The summed E-state index contributed by atoms with van der Waals surface area (Å²) in [6.07, 6.45) is 9.64. The molecule has 0 amide bonds. The smallest absolute Gasteiger partial charge is 0.0230 e. The standard InChI is InChI=1S/C16H33N3S/c1-3-5-9-16(8-4-2)17-12-14-19(15-13-17)20-18-10-6-7-11-18/h16H,3-15H2,1-2H3. The molecule has 0 spiro atoms. The summed E-state index contributed by atoms with van der Waals surface area (Å²) in [7, 11) is 0. The number of hydrogen-bond acceptors (Lipinski definition) is 4. The molecule has 2 fully saturated rings. The second kappa shape index (κ2) is 9.29. The molecule has 2 saturated heterocycles. The van der Waals surface area contributed by atoms with Gasteiger partial charge in [-0.2, -0.15) is 0 Å². The lowest BCUT2D eigenvalue weighted by Gasteiger charge is -2.39. The Kier molecular flexibility index (Phi) is 7.71. The van der Waals surface area contributed by atoms with E-state index in [4.69, 9.17) is 0 Å². The Hall–Kier alpha value is 0.230. The van der Waals surface area contributed by atoms with E-state index in [1.165, 1.54) is 84.2 Å². The molecular formula is C16H33N3S. The Morgan fingerprint density at radius 3 is 2.05 bits per heavy atom. The Morgan fingerprint density at radius 1 is 0.800 bits per heavy atom. The molecule has 1 unspecified atom stereocenters. The molecule has 0 radical (unpaired) electrons. The van der Waals surface area contributed by atoms with E-state index in [1.807, 2.05) is 12.1 Å². The van der Waals surface area contributed by atoms with Gasteiger partial charge in [0.15, 0.2) is 0 Å². The average molecular weight is 300 g/mol. The summed E-state index contributed by atoms with van der Waals surface area (Å²) in [5.74, 6) is 0. The van der Waals surface area contributed by atoms with Gasteiger partial charge in [0.05, 0.1) is 0 Å². The molecule has 2 rings (SSSR count). The summed E-state index contributed by atoms with van der Waals surface area (Å²) in [4.78, 5) is 2.76. The zero-order chi connectivity index (χ0) is 14.2. The van der Waals surface area contributed by atoms with E-state index >= 15 is 0 Å². The van der Waals surface area contributed by atoms with E-state index in [-0.39, 0.29) is 0 Å². The van der Waals surface area contributed by atoms with Crippen LogP contribution in [0.25, 0.3) is 0 Å². The van der Waals surface area contributed by atoms with Gasteiger partial charge in [-0.05, 0) is 25.7 Å². The minimum Gasteiger partial charge on any atom is -0.298 e. The predicted molar refractivity (Wildman–Crippen MR) is 89.8 cm³/mol. The highest BCUT2D eigenvalue weighted by molar-refractivity contribution is 7.94. The van der Waals surface area contributed by atoms with Crippen molar-refractivity contribution in [1.29, 1.82) is 0 Å². The van der Waals surface area contributed by atoms with Gasteiger partial charge >= 0.3 is 0 Å². The van der Waals surface area contributed by atoms with E-state index in [1.54, 1.807) is 0 Å². The van der Waals surface area contributed by atoms with Crippen LogP contribution in [0.3, 0.4) is 0 Å². The van der Waals surface area contributed by atoms with Crippen LogP contribution in [0.15, 0.2) is 0 Å². The highest BCUT2D eigenvalue weighted by atomic mass is 32.2. The second-order valence-corrected chi connectivity index (χ2v) is 7.46. The quantitative estimate of drug-likeness (QED) is 0.633. The van der Waals surface area contributed by atoms with Crippen LogP contribution >= 0.6 is 12.1 Å². The third-order valence-corrected chi connectivity index (χ3v) is 5.79. The van der Waals surface area contributed by atoms with Crippen LogP contribution in [0.2, 0.25) is 0 Å². The summed E-state index contributed by atoms with van der Waals surface area (Å²) in [5, 5.41) is 0. The molecule has 0 saturated carbocycles. The van der Waals surface area contributed by atoms with Crippen molar-refractivity contribution in [2.75, 3.05) is 39.3 Å². The average Bonchev–Trinajstić information content (AvgIpc) is 2.97.